The van der Waals surface area contributed by atoms with Gasteiger partial charge >= 0.3 is 6.03 Å². The second-order valence-corrected chi connectivity index (χ2v) is 13.5. The van der Waals surface area contributed by atoms with E-state index >= 15 is 0 Å². The molecule has 4 aliphatic rings. The molecule has 2 heterocycles. The minimum absolute atomic E-state index is 0.122. The average molecular weight is 495 g/mol. The quantitative estimate of drug-likeness (QED) is 0.441. The van der Waals surface area contributed by atoms with Crippen molar-refractivity contribution in [1.29, 1.82) is 0 Å². The number of hydrogen-bond acceptors (Lipinski definition) is 6. The van der Waals surface area contributed by atoms with Gasteiger partial charge in [0.05, 0.1) is 11.2 Å². The van der Waals surface area contributed by atoms with E-state index in [0.29, 0.717) is 19.4 Å². The number of imide groups is 1. The lowest BCUT2D eigenvalue weighted by atomic mass is 9.81. The Kier molecular flexibility index (Phi) is 5.52. The fourth-order valence-electron chi connectivity index (χ4n) is 4.44. The van der Waals surface area contributed by atoms with Gasteiger partial charge in [0.25, 0.3) is 0 Å². The summed E-state index contributed by atoms with van der Waals surface area (Å²) in [5.74, 6) is -0.673. The van der Waals surface area contributed by atoms with E-state index in [4.69, 9.17) is 0 Å². The monoisotopic (exact) mass is 494 g/mol. The second kappa shape index (κ2) is 7.40. The van der Waals surface area contributed by atoms with E-state index in [2.05, 4.69) is 26.0 Å². The van der Waals surface area contributed by atoms with Crippen LogP contribution in [-0.4, -0.2) is 76.7 Å². The van der Waals surface area contributed by atoms with Crippen LogP contribution >= 0.6 is 27.7 Å². The highest BCUT2D eigenvalue weighted by Gasteiger charge is 2.51. The van der Waals surface area contributed by atoms with Crippen molar-refractivity contribution >= 4 is 49.7 Å². The van der Waals surface area contributed by atoms with Crippen molar-refractivity contribution in [3.63, 3.8) is 0 Å². The Labute approximate surface area is 178 Å². The van der Waals surface area contributed by atoms with Crippen LogP contribution in [0.25, 0.3) is 0 Å². The van der Waals surface area contributed by atoms with Gasteiger partial charge in [-0.25, -0.2) is 17.9 Å². The Morgan fingerprint density at radius 2 is 2.04 bits per heavy atom. The molecule has 5 atom stereocenters. The smallest absolute Gasteiger partial charge is 0.324 e. The first-order valence-electron chi connectivity index (χ1n) is 9.73. The molecule has 2 saturated carbocycles. The number of fused-ring (bicyclic) bond motifs is 1. The van der Waals surface area contributed by atoms with Crippen molar-refractivity contribution < 1.29 is 18.0 Å². The second-order valence-electron chi connectivity index (χ2n) is 8.64. The molecule has 0 spiro atoms. The largest absolute Gasteiger partial charge is 0.326 e. The van der Waals surface area contributed by atoms with Gasteiger partial charge in [0.1, 0.15) is 4.28 Å². The van der Waals surface area contributed by atoms with Gasteiger partial charge < -0.3 is 4.90 Å². The number of sulfonamides is 1. The predicted molar refractivity (Wildman–Crippen MR) is 112 cm³/mol. The first-order chi connectivity index (χ1) is 13.1. The molecule has 28 heavy (non-hydrogen) atoms. The number of amides is 3. The van der Waals surface area contributed by atoms with Crippen LogP contribution in [0, 0.1) is 5.92 Å². The summed E-state index contributed by atoms with van der Waals surface area (Å²) in [7, 11) is -1.75. The Balaban J connectivity index is 1.49. The fraction of sp³-hybridized carbons (Fsp3) is 0.882. The van der Waals surface area contributed by atoms with Crippen molar-refractivity contribution in [2.24, 2.45) is 5.92 Å². The van der Waals surface area contributed by atoms with Crippen LogP contribution in [-0.2, 0) is 14.8 Å². The predicted octanol–water partition coefficient (Wildman–Crippen LogP) is 1.27. The molecule has 4 rings (SSSR count). The number of halogens is 1. The van der Waals surface area contributed by atoms with E-state index in [-0.39, 0.29) is 39.5 Å². The Hall–Kier alpha value is -0.360. The number of carbonyl (C=O) groups excluding carboxylic acids is 2. The minimum Gasteiger partial charge on any atom is -0.324 e. The van der Waals surface area contributed by atoms with Crippen molar-refractivity contribution in [2.45, 2.75) is 65.4 Å². The SMILES string of the molecule is CN1C(=O)N(CC2CNC(Br)S2)C(=O)C2CC(S(=O)(=O)NC3(C)CC3)CCC21. The van der Waals surface area contributed by atoms with E-state index in [1.54, 1.807) is 23.7 Å². The molecule has 0 radical (unpaired) electrons. The Morgan fingerprint density at radius 1 is 1.32 bits per heavy atom. The van der Waals surface area contributed by atoms with Crippen molar-refractivity contribution in [1.82, 2.24) is 19.8 Å². The standard InChI is InChI=1S/C17H27BrN4O4S2/c1-17(5-6-17)20-28(25,26)11-3-4-13-12(7-11)14(23)22(16(24)21(13)2)9-10-8-19-15(18)27-10/h10-13,15,19-20H,3-9H2,1-2H3. The van der Waals surface area contributed by atoms with Gasteiger partial charge in [-0.05, 0) is 39.0 Å². The van der Waals surface area contributed by atoms with Crippen LogP contribution in [0.2, 0.25) is 0 Å². The van der Waals surface area contributed by atoms with E-state index in [1.807, 2.05) is 6.92 Å². The van der Waals surface area contributed by atoms with Crippen LogP contribution in [0.5, 0.6) is 0 Å². The lowest BCUT2D eigenvalue weighted by molar-refractivity contribution is -0.139. The van der Waals surface area contributed by atoms with Gasteiger partial charge in [-0.2, -0.15) is 0 Å². The molecule has 3 amide bonds. The number of nitrogens with zero attached hydrogens (tertiary/aromatic N) is 2. The zero-order valence-corrected chi connectivity index (χ0v) is 19.3. The van der Waals surface area contributed by atoms with E-state index in [1.165, 1.54) is 4.90 Å². The van der Waals surface area contributed by atoms with E-state index in [0.717, 1.165) is 19.4 Å². The van der Waals surface area contributed by atoms with Crippen molar-refractivity contribution in [3.8, 4) is 0 Å². The Bertz CT molecular complexity index is 775. The maximum Gasteiger partial charge on any atom is 0.326 e. The molecule has 0 bridgehead atoms. The number of rotatable bonds is 5. The molecule has 2 aliphatic heterocycles. The number of alkyl halides is 1. The van der Waals surface area contributed by atoms with Crippen molar-refractivity contribution in [3.05, 3.63) is 0 Å². The minimum atomic E-state index is -3.48. The van der Waals surface area contributed by atoms with Gasteiger partial charge in [-0.15, -0.1) is 11.8 Å². The molecular formula is C17H27BrN4O4S2. The van der Waals surface area contributed by atoms with Crippen LogP contribution in [0.15, 0.2) is 0 Å². The molecule has 2 aliphatic carbocycles. The number of urea groups is 1. The third kappa shape index (κ3) is 3.97. The summed E-state index contributed by atoms with van der Waals surface area (Å²) in [5, 5.41) is 2.79. The highest BCUT2D eigenvalue weighted by Crippen LogP contribution is 2.40. The van der Waals surface area contributed by atoms with Gasteiger partial charge in [-0.3, -0.25) is 15.0 Å². The third-order valence-electron chi connectivity index (χ3n) is 6.41. The first-order valence-corrected chi connectivity index (χ1v) is 13.1. The molecule has 158 valence electrons. The summed E-state index contributed by atoms with van der Waals surface area (Å²) in [4.78, 5) is 28.9. The zero-order chi connectivity index (χ0) is 20.3. The number of hydrogen-bond donors (Lipinski definition) is 2. The molecule has 2 saturated heterocycles. The third-order valence-corrected chi connectivity index (χ3v) is 10.6. The van der Waals surface area contributed by atoms with Crippen LogP contribution in [0.1, 0.15) is 39.0 Å². The molecule has 0 aromatic heterocycles. The van der Waals surface area contributed by atoms with Crippen LogP contribution < -0.4 is 10.0 Å². The number of carbonyl (C=O) groups is 2. The fourth-order valence-corrected chi connectivity index (χ4v) is 8.46. The summed E-state index contributed by atoms with van der Waals surface area (Å²) < 4.78 is 28.6. The summed E-state index contributed by atoms with van der Waals surface area (Å²) in [6.45, 7) is 2.98. The van der Waals surface area contributed by atoms with Crippen LogP contribution in [0.4, 0.5) is 4.79 Å². The first kappa shape index (κ1) is 20.9. The van der Waals surface area contributed by atoms with Crippen LogP contribution in [0.3, 0.4) is 0 Å². The molecule has 2 N–H and O–H groups in total. The van der Waals surface area contributed by atoms with E-state index in [9.17, 15) is 18.0 Å². The lowest BCUT2D eigenvalue weighted by Gasteiger charge is -2.47. The molecule has 5 unspecified atom stereocenters. The van der Waals surface area contributed by atoms with Gasteiger partial charge in [0, 0.05) is 37.0 Å². The lowest BCUT2D eigenvalue weighted by Crippen LogP contribution is -2.63. The Morgan fingerprint density at radius 3 is 2.64 bits per heavy atom. The van der Waals surface area contributed by atoms with Gasteiger partial charge in [-0.1, -0.05) is 15.9 Å². The molecule has 0 aromatic rings. The van der Waals surface area contributed by atoms with Gasteiger partial charge in [0.15, 0.2) is 0 Å². The average Bonchev–Trinajstić information content (AvgIpc) is 3.20. The van der Waals surface area contributed by atoms with Gasteiger partial charge in [0.2, 0.25) is 15.9 Å². The number of thioether (sulfide) groups is 1. The molecule has 4 fully saturated rings. The van der Waals surface area contributed by atoms with E-state index < -0.39 is 21.2 Å². The summed E-state index contributed by atoms with van der Waals surface area (Å²) in [6, 6.07) is -0.479. The molecular weight excluding hydrogens is 468 g/mol. The molecule has 8 nitrogen and oxygen atoms in total. The summed E-state index contributed by atoms with van der Waals surface area (Å²) in [6.07, 6.45) is 3.01. The highest BCUT2D eigenvalue weighted by atomic mass is 79.9. The topological polar surface area (TPSA) is 98.8 Å². The summed E-state index contributed by atoms with van der Waals surface area (Å²) in [5.41, 5.74) is -0.316. The highest BCUT2D eigenvalue weighted by molar-refractivity contribution is 9.11. The zero-order valence-electron chi connectivity index (χ0n) is 16.1. The normalized spacial score (nSPS) is 37.9. The maximum absolute atomic E-state index is 13.2. The molecule has 0 aromatic carbocycles. The molecule has 11 heteroatoms. The van der Waals surface area contributed by atoms with Crippen molar-refractivity contribution in [2.75, 3.05) is 20.1 Å². The number of nitrogens with one attached hydrogen (secondary N) is 2. The summed E-state index contributed by atoms with van der Waals surface area (Å²) >= 11 is 5.13. The maximum atomic E-state index is 13.2.